The molecule has 0 saturated heterocycles. The van der Waals surface area contributed by atoms with Crippen LogP contribution in [0.3, 0.4) is 0 Å². The van der Waals surface area contributed by atoms with Gasteiger partial charge in [0.15, 0.2) is 0 Å². The van der Waals surface area contributed by atoms with E-state index in [2.05, 4.69) is 42.5 Å². The topological polar surface area (TPSA) is 273 Å². The van der Waals surface area contributed by atoms with Crippen LogP contribution in [-0.2, 0) is 54.9 Å². The van der Waals surface area contributed by atoms with E-state index in [1.807, 2.05) is 0 Å². The van der Waals surface area contributed by atoms with Crippen LogP contribution >= 0.6 is 0 Å². The van der Waals surface area contributed by atoms with E-state index in [4.69, 9.17) is 10.2 Å². The van der Waals surface area contributed by atoms with E-state index in [0.717, 1.165) is 11.1 Å². The number of rotatable bonds is 6. The van der Waals surface area contributed by atoms with E-state index in [0.29, 0.717) is 11.1 Å². The number of urea groups is 2. The molecule has 2 aromatic rings. The van der Waals surface area contributed by atoms with Crippen molar-refractivity contribution in [3.05, 3.63) is 70.8 Å². The smallest absolute Gasteiger partial charge is 0.315 e. The summed E-state index contributed by atoms with van der Waals surface area (Å²) in [5.41, 5.74) is 2.72. The predicted octanol–water partition coefficient (Wildman–Crippen LogP) is -1.07. The van der Waals surface area contributed by atoms with Crippen molar-refractivity contribution in [3.63, 3.8) is 0 Å². The van der Waals surface area contributed by atoms with Gasteiger partial charge in [0, 0.05) is 39.0 Å². The zero-order valence-corrected chi connectivity index (χ0v) is 27.0. The largest absolute Gasteiger partial charge is 0.481 e. The van der Waals surface area contributed by atoms with Gasteiger partial charge in [0.1, 0.15) is 12.1 Å². The van der Waals surface area contributed by atoms with Crippen molar-refractivity contribution in [3.8, 4) is 0 Å². The van der Waals surface area contributed by atoms with Gasteiger partial charge in [0.2, 0.25) is 23.6 Å². The van der Waals surface area contributed by atoms with Crippen LogP contribution in [-0.4, -0.2) is 83.0 Å². The Hall–Kier alpha value is -6.20. The number of hydrogen-bond donors (Lipinski definition) is 10. The maximum Gasteiger partial charge on any atom is 0.315 e. The van der Waals surface area contributed by atoms with Crippen LogP contribution in [0, 0.1) is 0 Å². The third-order valence-electron chi connectivity index (χ3n) is 7.32. The number of aliphatic carboxylic acids is 2. The van der Waals surface area contributed by atoms with E-state index in [1.165, 1.54) is 0 Å². The third-order valence-corrected chi connectivity index (χ3v) is 7.32. The highest BCUT2D eigenvalue weighted by molar-refractivity contribution is 5.90. The predicted molar refractivity (Wildman–Crippen MR) is 175 cm³/mol. The summed E-state index contributed by atoms with van der Waals surface area (Å²) in [4.78, 5) is 97.6. The van der Waals surface area contributed by atoms with Crippen LogP contribution in [0.5, 0.6) is 0 Å². The Labute approximate surface area is 286 Å². The molecule has 10 N–H and O–H groups in total. The minimum Gasteiger partial charge on any atom is -0.481 e. The first kappa shape index (κ1) is 38.2. The second-order valence-electron chi connectivity index (χ2n) is 11.2. The number of nitrogens with one attached hydrogen (secondary N) is 8. The number of carboxylic acid groups (broad SMARTS) is 2. The molecule has 0 saturated carbocycles. The molecule has 0 spiro atoms. The summed E-state index contributed by atoms with van der Waals surface area (Å²) >= 11 is 0. The van der Waals surface area contributed by atoms with Gasteiger partial charge in [0.25, 0.3) is 0 Å². The second kappa shape index (κ2) is 19.6. The Kier molecular flexibility index (Phi) is 15.0. The van der Waals surface area contributed by atoms with Gasteiger partial charge in [-0.3, -0.25) is 28.8 Å². The van der Waals surface area contributed by atoms with Crippen molar-refractivity contribution in [1.82, 2.24) is 42.5 Å². The fourth-order valence-electron chi connectivity index (χ4n) is 4.51. The Balaban J connectivity index is 1.72. The monoisotopic (exact) mass is 696 g/mol. The van der Waals surface area contributed by atoms with E-state index in [9.17, 15) is 38.4 Å². The summed E-state index contributed by atoms with van der Waals surface area (Å²) in [5.74, 6) is -4.66. The fraction of sp³-hybridized carbons (Fsp3) is 0.375. The van der Waals surface area contributed by atoms with Crippen LogP contribution in [0.25, 0.3) is 0 Å². The van der Waals surface area contributed by atoms with Crippen molar-refractivity contribution < 1.29 is 48.6 Å². The normalized spacial score (nSPS) is 18.9. The molecule has 0 aromatic heterocycles. The molecular weight excluding hydrogens is 656 g/mol. The first-order valence-electron chi connectivity index (χ1n) is 15.6. The number of hydrogen-bond acceptors (Lipinski definition) is 8. The maximum atomic E-state index is 12.9. The molecule has 4 aliphatic rings. The van der Waals surface area contributed by atoms with Gasteiger partial charge in [-0.25, -0.2) is 9.59 Å². The van der Waals surface area contributed by atoms with Gasteiger partial charge in [-0.15, -0.1) is 0 Å². The zero-order valence-electron chi connectivity index (χ0n) is 27.0. The lowest BCUT2D eigenvalue weighted by atomic mass is 10.1. The average molecular weight is 697 g/mol. The highest BCUT2D eigenvalue weighted by Crippen LogP contribution is 2.07. The lowest BCUT2D eigenvalue weighted by Gasteiger charge is -2.19. The molecular formula is C32H40N8O10. The molecule has 0 aliphatic carbocycles. The van der Waals surface area contributed by atoms with Crippen molar-refractivity contribution in [2.24, 2.45) is 0 Å². The quantitative estimate of drug-likeness (QED) is 0.175. The van der Waals surface area contributed by atoms with Gasteiger partial charge in [0.05, 0.1) is 13.1 Å². The Morgan fingerprint density at radius 3 is 1.08 bits per heavy atom. The van der Waals surface area contributed by atoms with Gasteiger partial charge in [-0.2, -0.15) is 0 Å². The summed E-state index contributed by atoms with van der Waals surface area (Å²) in [7, 11) is 0. The molecule has 18 nitrogen and oxygen atoms in total. The molecule has 6 rings (SSSR count). The summed E-state index contributed by atoms with van der Waals surface area (Å²) in [6.45, 7) is -0.518. The lowest BCUT2D eigenvalue weighted by molar-refractivity contribution is -0.138. The van der Waals surface area contributed by atoms with Crippen molar-refractivity contribution in [2.75, 3.05) is 13.1 Å². The minimum absolute atomic E-state index is 0.0239. The fourth-order valence-corrected chi connectivity index (χ4v) is 4.51. The number of carboxylic acids is 2. The van der Waals surface area contributed by atoms with Crippen LogP contribution in [0.4, 0.5) is 9.59 Å². The molecule has 2 aromatic carbocycles. The van der Waals surface area contributed by atoms with Gasteiger partial charge in [-0.05, 0) is 35.1 Å². The summed E-state index contributed by atoms with van der Waals surface area (Å²) in [6.07, 6.45) is -1.21. The first-order chi connectivity index (χ1) is 23.9. The van der Waals surface area contributed by atoms with E-state index in [-0.39, 0.29) is 39.0 Å². The third kappa shape index (κ3) is 14.3. The second-order valence-corrected chi connectivity index (χ2v) is 11.2. The van der Waals surface area contributed by atoms with Crippen molar-refractivity contribution >= 4 is 47.6 Å². The van der Waals surface area contributed by atoms with Crippen molar-refractivity contribution in [1.29, 1.82) is 0 Å². The molecule has 4 aliphatic heterocycles. The lowest BCUT2D eigenvalue weighted by Crippen LogP contribution is -2.51. The summed E-state index contributed by atoms with van der Waals surface area (Å²) in [6, 6.07) is 9.42. The van der Waals surface area contributed by atoms with Crippen molar-refractivity contribution in [2.45, 2.75) is 63.9 Å². The standard InChI is InChI=1S/C32H40N8O10/c41-25-17-37-31(49)39-23(9-11-27(43)44)29(47)35-15-21-5-7-22(8-6-21)16-36-30(48)24(10-12-28(45)46)40-32(50)38-18-26(42)34-14-20-2-1-19(3-4-20)13-33-25/h1-8,23-24H,9-18H2,(H,33,41)(H,34,42)(H,35,47)(H,36,48)(H,43,44)(H,45,46)(H2,37,39,49)(H2,38,40,50)/t23-,24-/m0/s1. The highest BCUT2D eigenvalue weighted by atomic mass is 16.4. The molecule has 8 amide bonds. The molecule has 0 fully saturated rings. The molecule has 0 radical (unpaired) electrons. The average Bonchev–Trinajstić information content (AvgIpc) is 3.09. The van der Waals surface area contributed by atoms with E-state index < -0.39 is 85.6 Å². The highest BCUT2D eigenvalue weighted by Gasteiger charge is 2.23. The molecule has 18 heteroatoms. The number of benzene rings is 2. The number of carbonyl (C=O) groups is 8. The molecule has 50 heavy (non-hydrogen) atoms. The Morgan fingerprint density at radius 1 is 0.480 bits per heavy atom. The SMILES string of the molecule is O=C(O)CC[C@@H]1NC(=O)NCC(=O)NCc2ccc(cc2)CNC(=O)CNC(=O)N[C@@H](CCC(=O)O)C(=O)NCc2ccc(cc2)CNC1=O. The molecule has 268 valence electrons. The molecule has 2 atom stereocenters. The Morgan fingerprint density at radius 2 is 0.780 bits per heavy atom. The van der Waals surface area contributed by atoms with Crippen LogP contribution in [0.2, 0.25) is 0 Å². The van der Waals surface area contributed by atoms with Crippen LogP contribution in [0.1, 0.15) is 47.9 Å². The van der Waals surface area contributed by atoms with Gasteiger partial charge >= 0.3 is 24.0 Å². The van der Waals surface area contributed by atoms with Gasteiger partial charge < -0.3 is 52.7 Å². The van der Waals surface area contributed by atoms with E-state index >= 15 is 0 Å². The molecule has 0 unspecified atom stereocenters. The van der Waals surface area contributed by atoms with Gasteiger partial charge in [-0.1, -0.05) is 48.5 Å². The number of carbonyl (C=O) groups excluding carboxylic acids is 6. The molecule has 4 heterocycles. The summed E-state index contributed by atoms with van der Waals surface area (Å²) in [5, 5.41) is 38.3. The Bertz CT molecular complexity index is 1430. The first-order valence-corrected chi connectivity index (χ1v) is 15.6. The summed E-state index contributed by atoms with van der Waals surface area (Å²) < 4.78 is 0. The zero-order chi connectivity index (χ0) is 36.5. The van der Waals surface area contributed by atoms with Crippen LogP contribution < -0.4 is 42.5 Å². The maximum absolute atomic E-state index is 12.9. The minimum atomic E-state index is -1.21. The number of amides is 8. The molecule has 4 bridgehead atoms. The van der Waals surface area contributed by atoms with Crippen LogP contribution in [0.15, 0.2) is 48.5 Å². The van der Waals surface area contributed by atoms with E-state index in [1.54, 1.807) is 48.5 Å².